The minimum atomic E-state index is -3.54. The molecule has 1 aromatic carbocycles. The van der Waals surface area contributed by atoms with Crippen molar-refractivity contribution >= 4 is 16.0 Å². The minimum absolute atomic E-state index is 0.121. The fraction of sp³-hybridized carbons (Fsp3) is 0.417. The summed E-state index contributed by atoms with van der Waals surface area (Å²) in [6.07, 6.45) is 0.693. The molecule has 1 unspecified atom stereocenters. The second kappa shape index (κ2) is 6.53. The fourth-order valence-corrected chi connectivity index (χ4v) is 2.60. The zero-order valence-corrected chi connectivity index (χ0v) is 11.6. The number of sulfonamides is 1. The molecule has 0 bridgehead atoms. The molecule has 0 fully saturated rings. The maximum Gasteiger partial charge on any atom is 0.341 e. The predicted octanol–water partition coefficient (Wildman–Crippen LogP) is 1.23. The van der Waals surface area contributed by atoms with E-state index in [2.05, 4.69) is 4.72 Å². The Labute approximate surface area is 112 Å². The van der Waals surface area contributed by atoms with Gasteiger partial charge in [0.25, 0.3) is 0 Å². The highest BCUT2D eigenvalue weighted by atomic mass is 32.2. The lowest BCUT2D eigenvalue weighted by atomic mass is 10.3. The molecule has 0 saturated carbocycles. The Kier molecular flexibility index (Phi) is 5.31. The Morgan fingerprint density at radius 3 is 2.42 bits per heavy atom. The van der Waals surface area contributed by atoms with Crippen LogP contribution in [0.5, 0.6) is 5.75 Å². The molecule has 0 saturated heterocycles. The second-order valence-corrected chi connectivity index (χ2v) is 5.80. The molecular formula is C12H17NO5S. The highest BCUT2D eigenvalue weighted by Crippen LogP contribution is 2.16. The first kappa shape index (κ1) is 15.5. The van der Waals surface area contributed by atoms with E-state index >= 15 is 0 Å². The van der Waals surface area contributed by atoms with Crippen molar-refractivity contribution in [3.05, 3.63) is 24.3 Å². The molecule has 106 valence electrons. The van der Waals surface area contributed by atoms with E-state index in [1.54, 1.807) is 6.92 Å². The topological polar surface area (TPSA) is 92.7 Å². The van der Waals surface area contributed by atoms with Crippen LogP contribution in [0.25, 0.3) is 0 Å². The van der Waals surface area contributed by atoms with Crippen molar-refractivity contribution in [1.82, 2.24) is 4.72 Å². The number of nitrogens with one attached hydrogen (secondary N) is 1. The van der Waals surface area contributed by atoms with E-state index in [0.29, 0.717) is 12.2 Å². The third kappa shape index (κ3) is 4.88. The molecule has 1 atom stereocenters. The summed E-state index contributed by atoms with van der Waals surface area (Å²) in [5.74, 6) is -0.778. The van der Waals surface area contributed by atoms with Gasteiger partial charge in [-0.05, 0) is 37.6 Å². The largest absolute Gasteiger partial charge is 0.482 e. The van der Waals surface area contributed by atoms with Gasteiger partial charge in [-0.1, -0.05) is 6.92 Å². The smallest absolute Gasteiger partial charge is 0.341 e. The first-order chi connectivity index (χ1) is 8.85. The Morgan fingerprint density at radius 2 is 1.95 bits per heavy atom. The van der Waals surface area contributed by atoms with Gasteiger partial charge in [0.1, 0.15) is 5.75 Å². The lowest BCUT2D eigenvalue weighted by molar-refractivity contribution is -0.139. The maximum atomic E-state index is 11.9. The van der Waals surface area contributed by atoms with Crippen molar-refractivity contribution in [1.29, 1.82) is 0 Å². The van der Waals surface area contributed by atoms with Gasteiger partial charge in [0, 0.05) is 6.04 Å². The Morgan fingerprint density at radius 1 is 1.37 bits per heavy atom. The second-order valence-electron chi connectivity index (χ2n) is 4.08. The van der Waals surface area contributed by atoms with Crippen molar-refractivity contribution < 1.29 is 23.1 Å². The summed E-state index contributed by atoms with van der Waals surface area (Å²) in [7, 11) is -3.54. The van der Waals surface area contributed by atoms with Crippen molar-refractivity contribution in [3.63, 3.8) is 0 Å². The third-order valence-electron chi connectivity index (χ3n) is 2.47. The van der Waals surface area contributed by atoms with Crippen LogP contribution in [0.2, 0.25) is 0 Å². The molecule has 0 spiro atoms. The SMILES string of the molecule is CCC(C)NS(=O)(=O)c1ccc(OCC(=O)O)cc1. The van der Waals surface area contributed by atoms with Gasteiger partial charge in [-0.15, -0.1) is 0 Å². The average Bonchev–Trinajstić information content (AvgIpc) is 2.36. The summed E-state index contributed by atoms with van der Waals surface area (Å²) >= 11 is 0. The number of hydrogen-bond donors (Lipinski definition) is 2. The van der Waals surface area contributed by atoms with Crippen LogP contribution in [0, 0.1) is 0 Å². The first-order valence-electron chi connectivity index (χ1n) is 5.82. The number of carboxylic acids is 1. The highest BCUT2D eigenvalue weighted by Gasteiger charge is 2.16. The van der Waals surface area contributed by atoms with Crippen LogP contribution in [-0.4, -0.2) is 32.1 Å². The maximum absolute atomic E-state index is 11.9. The van der Waals surface area contributed by atoms with Crippen molar-refractivity contribution in [2.45, 2.75) is 31.2 Å². The summed E-state index contributed by atoms with van der Waals surface area (Å²) < 4.78 is 31.3. The van der Waals surface area contributed by atoms with E-state index in [-0.39, 0.29) is 10.9 Å². The van der Waals surface area contributed by atoms with Gasteiger partial charge >= 0.3 is 5.97 Å². The van der Waals surface area contributed by atoms with Crippen LogP contribution in [0.1, 0.15) is 20.3 Å². The zero-order chi connectivity index (χ0) is 14.5. The molecule has 0 aromatic heterocycles. The Hall–Kier alpha value is -1.60. The number of ether oxygens (including phenoxy) is 1. The molecule has 0 radical (unpaired) electrons. The molecule has 0 aliphatic carbocycles. The van der Waals surface area contributed by atoms with Gasteiger partial charge in [0.15, 0.2) is 6.61 Å². The summed E-state index contributed by atoms with van der Waals surface area (Å²) in [5, 5.41) is 8.45. The van der Waals surface area contributed by atoms with Gasteiger partial charge in [-0.3, -0.25) is 0 Å². The van der Waals surface area contributed by atoms with Crippen LogP contribution in [0.4, 0.5) is 0 Å². The molecule has 7 heteroatoms. The van der Waals surface area contributed by atoms with Crippen LogP contribution in [0.15, 0.2) is 29.2 Å². The van der Waals surface area contributed by atoms with E-state index in [9.17, 15) is 13.2 Å². The predicted molar refractivity (Wildman–Crippen MR) is 69.6 cm³/mol. The lowest BCUT2D eigenvalue weighted by Crippen LogP contribution is -2.31. The van der Waals surface area contributed by atoms with E-state index in [0.717, 1.165) is 0 Å². The van der Waals surface area contributed by atoms with Gasteiger partial charge < -0.3 is 9.84 Å². The van der Waals surface area contributed by atoms with Crippen molar-refractivity contribution in [2.75, 3.05) is 6.61 Å². The van der Waals surface area contributed by atoms with Gasteiger partial charge in [0.2, 0.25) is 10.0 Å². The molecule has 0 aliphatic heterocycles. The van der Waals surface area contributed by atoms with E-state index in [1.165, 1.54) is 24.3 Å². The number of benzene rings is 1. The minimum Gasteiger partial charge on any atom is -0.482 e. The summed E-state index contributed by atoms with van der Waals surface area (Å²) in [6, 6.07) is 5.46. The van der Waals surface area contributed by atoms with Crippen LogP contribution < -0.4 is 9.46 Å². The number of carbonyl (C=O) groups is 1. The normalized spacial score (nSPS) is 12.9. The molecule has 2 N–H and O–H groups in total. The fourth-order valence-electron chi connectivity index (χ4n) is 1.28. The van der Waals surface area contributed by atoms with Crippen LogP contribution in [-0.2, 0) is 14.8 Å². The van der Waals surface area contributed by atoms with Gasteiger partial charge in [-0.25, -0.2) is 17.9 Å². The summed E-state index contributed by atoms with van der Waals surface area (Å²) in [5.41, 5.74) is 0. The number of rotatable bonds is 7. The van der Waals surface area contributed by atoms with Crippen molar-refractivity contribution in [2.24, 2.45) is 0 Å². The zero-order valence-electron chi connectivity index (χ0n) is 10.8. The third-order valence-corrected chi connectivity index (χ3v) is 4.07. The molecule has 19 heavy (non-hydrogen) atoms. The number of hydrogen-bond acceptors (Lipinski definition) is 4. The quantitative estimate of drug-likeness (QED) is 0.786. The van der Waals surface area contributed by atoms with Crippen LogP contribution >= 0.6 is 0 Å². The first-order valence-corrected chi connectivity index (χ1v) is 7.30. The lowest BCUT2D eigenvalue weighted by Gasteiger charge is -2.12. The van der Waals surface area contributed by atoms with Crippen molar-refractivity contribution in [3.8, 4) is 5.75 Å². The summed E-state index contributed by atoms with van der Waals surface area (Å²) in [6.45, 7) is 3.20. The van der Waals surface area contributed by atoms with E-state index < -0.39 is 22.6 Å². The monoisotopic (exact) mass is 287 g/mol. The van der Waals surface area contributed by atoms with Gasteiger partial charge in [0.05, 0.1) is 4.90 Å². The number of carboxylic acid groups (broad SMARTS) is 1. The Balaban J connectivity index is 2.77. The number of aliphatic carboxylic acids is 1. The molecule has 6 nitrogen and oxygen atoms in total. The van der Waals surface area contributed by atoms with Crippen LogP contribution in [0.3, 0.4) is 0 Å². The molecular weight excluding hydrogens is 270 g/mol. The molecule has 1 rings (SSSR count). The molecule has 0 heterocycles. The van der Waals surface area contributed by atoms with E-state index in [1.807, 2.05) is 6.92 Å². The summed E-state index contributed by atoms with van der Waals surface area (Å²) in [4.78, 5) is 10.4. The van der Waals surface area contributed by atoms with E-state index in [4.69, 9.17) is 9.84 Å². The Bertz CT molecular complexity index is 524. The standard InChI is InChI=1S/C12H17NO5S/c1-3-9(2)13-19(16,17)11-6-4-10(5-7-11)18-8-12(14)15/h4-7,9,13H,3,8H2,1-2H3,(H,14,15). The van der Waals surface area contributed by atoms with Gasteiger partial charge in [-0.2, -0.15) is 0 Å². The highest BCUT2D eigenvalue weighted by molar-refractivity contribution is 7.89. The molecule has 0 aliphatic rings. The average molecular weight is 287 g/mol. The molecule has 1 aromatic rings. The molecule has 0 amide bonds.